The van der Waals surface area contributed by atoms with E-state index in [1.54, 1.807) is 42.5 Å². The summed E-state index contributed by atoms with van der Waals surface area (Å²) < 4.78 is 21.2. The molecule has 0 radical (unpaired) electrons. The Morgan fingerprint density at radius 1 is 1.10 bits per heavy atom. The van der Waals surface area contributed by atoms with E-state index in [4.69, 9.17) is 18.9 Å². The number of hydrogen-bond acceptors (Lipinski definition) is 7. The van der Waals surface area contributed by atoms with Gasteiger partial charge in [-0.05, 0) is 49.2 Å². The second-order valence-electron chi connectivity index (χ2n) is 6.62. The molecule has 1 aliphatic rings. The molecule has 2 aromatic carbocycles. The van der Waals surface area contributed by atoms with Crippen LogP contribution in [0.1, 0.15) is 33.6 Å². The third kappa shape index (κ3) is 5.81. The molecule has 0 saturated carbocycles. The minimum atomic E-state index is -0.740. The van der Waals surface area contributed by atoms with Crippen LogP contribution in [0.4, 0.5) is 0 Å². The first-order valence-electron chi connectivity index (χ1n) is 9.55. The van der Waals surface area contributed by atoms with Crippen LogP contribution in [0.2, 0.25) is 0 Å². The van der Waals surface area contributed by atoms with Gasteiger partial charge in [0.15, 0.2) is 6.61 Å². The van der Waals surface area contributed by atoms with Crippen molar-refractivity contribution in [3.8, 4) is 11.5 Å². The monoisotopic (exact) mass is 413 g/mol. The van der Waals surface area contributed by atoms with Gasteiger partial charge < -0.3 is 18.9 Å². The molecule has 3 rings (SSSR count). The van der Waals surface area contributed by atoms with Crippen LogP contribution in [0.5, 0.6) is 11.5 Å². The zero-order valence-corrected chi connectivity index (χ0v) is 16.6. The maximum atomic E-state index is 12.2. The van der Waals surface area contributed by atoms with Gasteiger partial charge in [-0.25, -0.2) is 4.79 Å². The molecule has 1 saturated heterocycles. The van der Waals surface area contributed by atoms with Crippen LogP contribution >= 0.6 is 0 Å². The molecule has 30 heavy (non-hydrogen) atoms. The number of hydrogen-bond donors (Lipinski definition) is 1. The second kappa shape index (κ2) is 10.4. The molecule has 0 aromatic heterocycles. The Morgan fingerprint density at radius 3 is 2.57 bits per heavy atom. The molecule has 1 aliphatic heterocycles. The average Bonchev–Trinajstić information content (AvgIpc) is 3.30. The maximum Gasteiger partial charge on any atom is 0.338 e. The summed E-state index contributed by atoms with van der Waals surface area (Å²) >= 11 is 0. The Bertz CT molecular complexity index is 889. The maximum absolute atomic E-state index is 12.2. The summed E-state index contributed by atoms with van der Waals surface area (Å²) in [6.45, 7) is 0.637. The molecule has 158 valence electrons. The van der Waals surface area contributed by atoms with Crippen LogP contribution in [0, 0.1) is 0 Å². The average molecular weight is 413 g/mol. The normalized spacial score (nSPS) is 15.3. The van der Waals surface area contributed by atoms with E-state index in [1.165, 1.54) is 13.2 Å². The summed E-state index contributed by atoms with van der Waals surface area (Å²) in [5.41, 5.74) is 0.474. The number of amides is 2. The van der Waals surface area contributed by atoms with E-state index in [2.05, 4.69) is 5.32 Å². The van der Waals surface area contributed by atoms with Crippen LogP contribution in [0.25, 0.3) is 0 Å². The number of imide groups is 1. The number of nitrogens with one attached hydrogen (secondary N) is 1. The predicted molar refractivity (Wildman–Crippen MR) is 107 cm³/mol. The van der Waals surface area contributed by atoms with Gasteiger partial charge in [-0.1, -0.05) is 12.1 Å². The van der Waals surface area contributed by atoms with Gasteiger partial charge in [-0.3, -0.25) is 14.9 Å². The number of carbonyl (C=O) groups excluding carboxylic acids is 3. The molecule has 0 aliphatic carbocycles. The molecular weight excluding hydrogens is 390 g/mol. The van der Waals surface area contributed by atoms with Crippen LogP contribution in [0.15, 0.2) is 48.5 Å². The number of para-hydroxylation sites is 1. The van der Waals surface area contributed by atoms with E-state index >= 15 is 0 Å². The van der Waals surface area contributed by atoms with Crippen molar-refractivity contribution in [3.05, 3.63) is 59.7 Å². The van der Waals surface area contributed by atoms with Gasteiger partial charge in [0, 0.05) is 6.61 Å². The van der Waals surface area contributed by atoms with E-state index < -0.39 is 24.4 Å². The number of benzene rings is 2. The molecule has 8 heteroatoms. The highest BCUT2D eigenvalue weighted by atomic mass is 16.5. The highest BCUT2D eigenvalue weighted by molar-refractivity contribution is 6.07. The SMILES string of the molecule is COc1ccccc1C(=O)NC(=O)COC(=O)c1ccc(OC[C@H]2CCCO2)cc1. The smallest absolute Gasteiger partial charge is 0.338 e. The lowest BCUT2D eigenvalue weighted by atomic mass is 10.2. The topological polar surface area (TPSA) is 100 Å². The van der Waals surface area contributed by atoms with Gasteiger partial charge in [0.05, 0.1) is 24.3 Å². The molecule has 0 unspecified atom stereocenters. The Kier molecular flexibility index (Phi) is 7.40. The van der Waals surface area contributed by atoms with Crippen molar-refractivity contribution in [1.82, 2.24) is 5.32 Å². The first-order chi connectivity index (χ1) is 14.6. The Balaban J connectivity index is 1.45. The first-order valence-corrected chi connectivity index (χ1v) is 9.55. The van der Waals surface area contributed by atoms with Gasteiger partial charge in [-0.2, -0.15) is 0 Å². The van der Waals surface area contributed by atoms with E-state index in [1.807, 2.05) is 0 Å². The van der Waals surface area contributed by atoms with Gasteiger partial charge in [0.2, 0.25) is 0 Å². The highest BCUT2D eigenvalue weighted by Gasteiger charge is 2.18. The molecule has 1 N–H and O–H groups in total. The van der Waals surface area contributed by atoms with Crippen LogP contribution in [-0.4, -0.2) is 50.8 Å². The van der Waals surface area contributed by atoms with Crippen molar-refractivity contribution in [3.63, 3.8) is 0 Å². The van der Waals surface area contributed by atoms with E-state index in [0.717, 1.165) is 19.4 Å². The molecule has 8 nitrogen and oxygen atoms in total. The fraction of sp³-hybridized carbons (Fsp3) is 0.318. The molecule has 0 bridgehead atoms. The van der Waals surface area contributed by atoms with Gasteiger partial charge in [0.1, 0.15) is 18.1 Å². The quantitative estimate of drug-likeness (QED) is 0.663. The summed E-state index contributed by atoms with van der Waals surface area (Å²) in [5.74, 6) is -1.11. The molecule has 2 amide bonds. The second-order valence-corrected chi connectivity index (χ2v) is 6.62. The van der Waals surface area contributed by atoms with Crippen molar-refractivity contribution in [2.45, 2.75) is 18.9 Å². The third-order valence-corrected chi connectivity index (χ3v) is 4.49. The summed E-state index contributed by atoms with van der Waals surface area (Å²) in [6.07, 6.45) is 2.12. The number of ether oxygens (including phenoxy) is 4. The van der Waals surface area contributed by atoms with Crippen molar-refractivity contribution in [1.29, 1.82) is 0 Å². The Hall–Kier alpha value is -3.39. The molecular formula is C22H23NO7. The Labute approximate surface area is 174 Å². The van der Waals surface area contributed by atoms with Gasteiger partial charge >= 0.3 is 5.97 Å². The van der Waals surface area contributed by atoms with E-state index in [0.29, 0.717) is 18.1 Å². The molecule has 0 spiro atoms. The van der Waals surface area contributed by atoms with E-state index in [9.17, 15) is 14.4 Å². The minimum absolute atomic E-state index is 0.103. The summed E-state index contributed by atoms with van der Waals surface area (Å²) in [6, 6.07) is 12.9. The lowest BCUT2D eigenvalue weighted by Crippen LogP contribution is -2.34. The standard InChI is InChI=1S/C22H23NO7/c1-27-19-7-3-2-6-18(19)21(25)23-20(24)14-30-22(26)15-8-10-16(11-9-15)29-13-17-5-4-12-28-17/h2-3,6-11,17H,4-5,12-14H2,1H3,(H,23,24,25)/t17-/m1/s1. The van der Waals surface area contributed by atoms with Gasteiger partial charge in [-0.15, -0.1) is 0 Å². The van der Waals surface area contributed by atoms with Crippen LogP contribution < -0.4 is 14.8 Å². The summed E-state index contributed by atoms with van der Waals surface area (Å²) in [5, 5.41) is 2.16. The zero-order chi connectivity index (χ0) is 21.3. The third-order valence-electron chi connectivity index (χ3n) is 4.49. The van der Waals surface area contributed by atoms with Crippen molar-refractivity contribution < 1.29 is 33.3 Å². The first kappa shape index (κ1) is 21.3. The summed E-state index contributed by atoms with van der Waals surface area (Å²) in [7, 11) is 1.43. The predicted octanol–water partition coefficient (Wildman–Crippen LogP) is 2.37. The lowest BCUT2D eigenvalue weighted by Gasteiger charge is -2.11. The molecule has 1 fully saturated rings. The number of methoxy groups -OCH3 is 1. The highest BCUT2D eigenvalue weighted by Crippen LogP contribution is 2.18. The van der Waals surface area contributed by atoms with Crippen molar-refractivity contribution in [2.24, 2.45) is 0 Å². The van der Waals surface area contributed by atoms with E-state index in [-0.39, 0.29) is 17.2 Å². The van der Waals surface area contributed by atoms with Crippen LogP contribution in [0.3, 0.4) is 0 Å². The molecule has 2 aromatic rings. The minimum Gasteiger partial charge on any atom is -0.496 e. The lowest BCUT2D eigenvalue weighted by molar-refractivity contribution is -0.123. The fourth-order valence-electron chi connectivity index (χ4n) is 2.93. The fourth-order valence-corrected chi connectivity index (χ4v) is 2.93. The van der Waals surface area contributed by atoms with Crippen LogP contribution in [-0.2, 0) is 14.3 Å². The molecule has 1 heterocycles. The number of carbonyl (C=O) groups is 3. The summed E-state index contributed by atoms with van der Waals surface area (Å²) in [4.78, 5) is 36.2. The number of rotatable bonds is 8. The molecule has 1 atom stereocenters. The van der Waals surface area contributed by atoms with Crippen molar-refractivity contribution in [2.75, 3.05) is 26.9 Å². The van der Waals surface area contributed by atoms with Crippen molar-refractivity contribution >= 4 is 17.8 Å². The Morgan fingerprint density at radius 2 is 1.87 bits per heavy atom. The van der Waals surface area contributed by atoms with Gasteiger partial charge in [0.25, 0.3) is 11.8 Å². The largest absolute Gasteiger partial charge is 0.496 e. The number of esters is 1. The zero-order valence-electron chi connectivity index (χ0n) is 16.6.